The van der Waals surface area contributed by atoms with E-state index in [1.54, 1.807) is 12.1 Å². The van der Waals surface area contributed by atoms with E-state index in [1.165, 1.54) is 0 Å². The third-order valence-corrected chi connectivity index (χ3v) is 4.31. The summed E-state index contributed by atoms with van der Waals surface area (Å²) in [4.78, 5) is 19.8. The molecule has 0 aliphatic carbocycles. The van der Waals surface area contributed by atoms with E-state index in [4.69, 9.17) is 0 Å². The maximum atomic E-state index is 9.88. The van der Waals surface area contributed by atoms with Gasteiger partial charge in [0, 0.05) is 0 Å². The van der Waals surface area contributed by atoms with Gasteiger partial charge in [-0.1, -0.05) is 31.5 Å². The van der Waals surface area contributed by atoms with Crippen LogP contribution < -0.4 is 5.30 Å². The summed E-state index contributed by atoms with van der Waals surface area (Å²) in [7, 11) is -2.82. The Balaban J connectivity index is 2.56. The highest BCUT2D eigenvalue weighted by Crippen LogP contribution is 2.49. The molecule has 14 heavy (non-hydrogen) atoms. The van der Waals surface area contributed by atoms with E-state index in [0.717, 1.165) is 19.3 Å². The molecule has 1 aromatic rings. The van der Waals surface area contributed by atoms with Crippen molar-refractivity contribution >= 4 is 13.0 Å². The average Bonchev–Trinajstić information content (AvgIpc) is 2.19. The molecule has 78 valence electrons. The van der Waals surface area contributed by atoms with E-state index in [0.29, 0.717) is 11.5 Å². The lowest BCUT2D eigenvalue weighted by Gasteiger charge is -2.11. The molecule has 0 aliphatic heterocycles. The minimum atomic E-state index is -2.82. The first kappa shape index (κ1) is 11.6. The van der Waals surface area contributed by atoms with Crippen molar-refractivity contribution < 1.29 is 9.79 Å². The first-order valence-corrected chi connectivity index (χ1v) is 6.94. The van der Waals surface area contributed by atoms with Gasteiger partial charge >= 0.3 is 0 Å². The van der Waals surface area contributed by atoms with Gasteiger partial charge in [0.15, 0.2) is 5.30 Å². The number of hydrogen-bond acceptors (Lipinski definition) is 2. The predicted molar refractivity (Wildman–Crippen MR) is 61.8 cm³/mol. The molecule has 0 amide bonds. The fourth-order valence-electron chi connectivity index (χ4n) is 1.38. The van der Waals surface area contributed by atoms with Crippen LogP contribution in [0.25, 0.3) is 0 Å². The molecular weight excluding hydrogens is 195 g/mol. The minimum Gasteiger partial charge on any atom is -0.215 e. The third-order valence-electron chi connectivity index (χ3n) is 2.24. The Morgan fingerprint density at radius 1 is 1.07 bits per heavy atom. The second-order valence-electron chi connectivity index (χ2n) is 3.50. The Labute approximate surface area is 86.1 Å². The lowest BCUT2D eigenvalue weighted by atomic mass is 10.3. The summed E-state index contributed by atoms with van der Waals surface area (Å²) < 4.78 is 0. The smallest absolute Gasteiger partial charge is 0.215 e. The molecule has 0 fully saturated rings. The summed E-state index contributed by atoms with van der Waals surface area (Å²) in [6.07, 6.45) is 3.58. The first-order chi connectivity index (χ1) is 6.67. The number of hydrogen-bond donors (Lipinski definition) is 2. The van der Waals surface area contributed by atoms with Gasteiger partial charge in [-0.05, 0) is 25.0 Å². The Bertz CT molecular complexity index is 259. The van der Waals surface area contributed by atoms with Crippen LogP contribution in [-0.4, -0.2) is 15.9 Å². The second-order valence-corrected chi connectivity index (χ2v) is 5.92. The van der Waals surface area contributed by atoms with Crippen molar-refractivity contribution in [2.45, 2.75) is 26.2 Å². The standard InChI is InChI=1S/C11H18O2P/c1-2-3-7-10-14(12,13)11-8-5-4-6-9-11/h4-6,8-9,12-13H,2-3,7,10H2,1H3/q+1. The third kappa shape index (κ3) is 3.38. The summed E-state index contributed by atoms with van der Waals surface area (Å²) in [5.74, 6) is 0. The summed E-state index contributed by atoms with van der Waals surface area (Å²) in [5.41, 5.74) is 0. The molecule has 0 saturated heterocycles. The molecule has 0 aromatic heterocycles. The van der Waals surface area contributed by atoms with Crippen molar-refractivity contribution in [3.05, 3.63) is 30.3 Å². The van der Waals surface area contributed by atoms with Gasteiger partial charge in [0.1, 0.15) is 6.16 Å². The van der Waals surface area contributed by atoms with Crippen LogP contribution in [0.1, 0.15) is 26.2 Å². The first-order valence-electron chi connectivity index (χ1n) is 5.06. The quantitative estimate of drug-likeness (QED) is 0.582. The minimum absolute atomic E-state index is 0.519. The van der Waals surface area contributed by atoms with Gasteiger partial charge in [-0.15, -0.1) is 0 Å². The molecule has 0 heterocycles. The van der Waals surface area contributed by atoms with Crippen LogP contribution in [0.15, 0.2) is 30.3 Å². The van der Waals surface area contributed by atoms with Crippen LogP contribution in [0, 0.1) is 0 Å². The van der Waals surface area contributed by atoms with E-state index in [1.807, 2.05) is 18.2 Å². The Morgan fingerprint density at radius 2 is 1.71 bits per heavy atom. The fourth-order valence-corrected chi connectivity index (χ4v) is 2.95. The van der Waals surface area contributed by atoms with Gasteiger partial charge in [0.05, 0.1) is 0 Å². The van der Waals surface area contributed by atoms with Gasteiger partial charge in [0.25, 0.3) is 7.72 Å². The molecule has 0 unspecified atom stereocenters. The zero-order valence-electron chi connectivity index (χ0n) is 8.56. The van der Waals surface area contributed by atoms with Crippen molar-refractivity contribution in [3.8, 4) is 0 Å². The van der Waals surface area contributed by atoms with Gasteiger partial charge in [-0.2, -0.15) is 0 Å². The molecule has 1 aromatic carbocycles. The van der Waals surface area contributed by atoms with Crippen LogP contribution in [0.4, 0.5) is 0 Å². The van der Waals surface area contributed by atoms with Gasteiger partial charge < -0.3 is 0 Å². The topological polar surface area (TPSA) is 40.5 Å². The van der Waals surface area contributed by atoms with Crippen LogP contribution in [0.3, 0.4) is 0 Å². The van der Waals surface area contributed by atoms with Crippen molar-refractivity contribution in [1.82, 2.24) is 0 Å². The largest absolute Gasteiger partial charge is 0.299 e. The molecule has 0 aliphatic rings. The molecule has 2 N–H and O–H groups in total. The highest BCUT2D eigenvalue weighted by molar-refractivity contribution is 7.72. The van der Waals surface area contributed by atoms with E-state index in [2.05, 4.69) is 6.92 Å². The van der Waals surface area contributed by atoms with E-state index >= 15 is 0 Å². The zero-order chi connectivity index (χ0) is 10.4. The van der Waals surface area contributed by atoms with Crippen molar-refractivity contribution in [3.63, 3.8) is 0 Å². The second kappa shape index (κ2) is 5.45. The van der Waals surface area contributed by atoms with Gasteiger partial charge in [-0.3, -0.25) is 0 Å². The lowest BCUT2D eigenvalue weighted by molar-refractivity contribution is 0.461. The van der Waals surface area contributed by atoms with Crippen LogP contribution in [0.5, 0.6) is 0 Å². The van der Waals surface area contributed by atoms with E-state index in [9.17, 15) is 9.79 Å². The molecule has 0 bridgehead atoms. The molecular formula is C11H18O2P+. The van der Waals surface area contributed by atoms with Crippen LogP contribution >= 0.6 is 7.72 Å². The highest BCUT2D eigenvalue weighted by atomic mass is 31.2. The molecule has 3 heteroatoms. The SMILES string of the molecule is CCCCC[P+](O)(O)c1ccccc1. The van der Waals surface area contributed by atoms with E-state index in [-0.39, 0.29) is 0 Å². The van der Waals surface area contributed by atoms with Crippen LogP contribution in [0.2, 0.25) is 0 Å². The highest BCUT2D eigenvalue weighted by Gasteiger charge is 2.34. The Morgan fingerprint density at radius 3 is 2.29 bits per heavy atom. The summed E-state index contributed by atoms with van der Waals surface area (Å²) >= 11 is 0. The van der Waals surface area contributed by atoms with Crippen LogP contribution in [-0.2, 0) is 0 Å². The Hall–Kier alpha value is -0.430. The maximum Gasteiger partial charge on any atom is 0.299 e. The molecule has 2 nitrogen and oxygen atoms in total. The van der Waals surface area contributed by atoms with Crippen molar-refractivity contribution in [2.24, 2.45) is 0 Å². The van der Waals surface area contributed by atoms with Gasteiger partial charge in [-0.25, -0.2) is 9.79 Å². The molecule has 0 spiro atoms. The Kier molecular flexibility index (Phi) is 4.53. The maximum absolute atomic E-state index is 9.88. The number of benzene rings is 1. The molecule has 0 atom stereocenters. The average molecular weight is 213 g/mol. The zero-order valence-corrected chi connectivity index (χ0v) is 9.45. The molecule has 1 rings (SSSR count). The van der Waals surface area contributed by atoms with Gasteiger partial charge in [0.2, 0.25) is 0 Å². The summed E-state index contributed by atoms with van der Waals surface area (Å²) in [6.45, 7) is 2.11. The monoisotopic (exact) mass is 213 g/mol. The number of rotatable bonds is 5. The summed E-state index contributed by atoms with van der Waals surface area (Å²) in [6, 6.07) is 9.15. The predicted octanol–water partition coefficient (Wildman–Crippen LogP) is 2.33. The summed E-state index contributed by atoms with van der Waals surface area (Å²) in [5, 5.41) is 0.691. The normalized spacial score (nSPS) is 11.6. The lowest BCUT2D eigenvalue weighted by Crippen LogP contribution is -2.12. The van der Waals surface area contributed by atoms with Crippen molar-refractivity contribution in [1.29, 1.82) is 0 Å². The molecule has 0 radical (unpaired) electrons. The molecule has 0 saturated carbocycles. The van der Waals surface area contributed by atoms with Crippen molar-refractivity contribution in [2.75, 3.05) is 6.16 Å². The number of unbranched alkanes of at least 4 members (excludes halogenated alkanes) is 2. The van der Waals surface area contributed by atoms with E-state index < -0.39 is 7.72 Å². The fraction of sp³-hybridized carbons (Fsp3) is 0.455.